The van der Waals surface area contributed by atoms with Crippen molar-refractivity contribution in [2.75, 3.05) is 0 Å². The third-order valence-electron chi connectivity index (χ3n) is 5.46. The predicted octanol–water partition coefficient (Wildman–Crippen LogP) is 4.15. The molecule has 29 heavy (non-hydrogen) atoms. The van der Waals surface area contributed by atoms with Gasteiger partial charge in [0.1, 0.15) is 11.3 Å². The van der Waals surface area contributed by atoms with Crippen LogP contribution in [0.5, 0.6) is 0 Å². The first-order valence-electron chi connectivity index (χ1n) is 9.96. The van der Waals surface area contributed by atoms with E-state index in [1.165, 1.54) is 0 Å². The Balaban J connectivity index is 1.49. The van der Waals surface area contributed by atoms with E-state index < -0.39 is 0 Å². The average Bonchev–Trinajstić information content (AvgIpc) is 3.20. The fourth-order valence-corrected chi connectivity index (χ4v) is 3.99. The third kappa shape index (κ3) is 3.35. The van der Waals surface area contributed by atoms with Crippen LogP contribution >= 0.6 is 0 Å². The number of carbonyl (C=O) groups is 1. The molecule has 6 nitrogen and oxygen atoms in total. The molecule has 0 fully saturated rings. The molecule has 0 radical (unpaired) electrons. The van der Waals surface area contributed by atoms with Crippen LogP contribution in [0.3, 0.4) is 0 Å². The summed E-state index contributed by atoms with van der Waals surface area (Å²) in [6, 6.07) is 15.3. The van der Waals surface area contributed by atoms with E-state index in [1.807, 2.05) is 69.3 Å². The molecule has 6 heteroatoms. The molecule has 2 aromatic heterocycles. The maximum Gasteiger partial charge on any atom is 0.329 e. The summed E-state index contributed by atoms with van der Waals surface area (Å²) < 4.78 is 9.35. The number of imidazole rings is 1. The summed E-state index contributed by atoms with van der Waals surface area (Å²) in [5.41, 5.74) is 3.53. The zero-order chi connectivity index (χ0) is 20.5. The summed E-state index contributed by atoms with van der Waals surface area (Å²) in [6.45, 7) is 6.80. The van der Waals surface area contributed by atoms with Crippen molar-refractivity contribution in [3.8, 4) is 0 Å². The van der Waals surface area contributed by atoms with Crippen molar-refractivity contribution in [3.63, 3.8) is 0 Å². The topological polar surface area (TPSA) is 69.2 Å². The number of benzene rings is 2. The fourth-order valence-electron chi connectivity index (χ4n) is 3.99. The van der Waals surface area contributed by atoms with Crippen molar-refractivity contribution in [1.82, 2.24) is 14.5 Å². The van der Waals surface area contributed by atoms with E-state index in [2.05, 4.69) is 5.32 Å². The molecule has 4 aromatic rings. The Morgan fingerprint density at radius 1 is 1.07 bits per heavy atom. The van der Waals surface area contributed by atoms with Crippen LogP contribution in [0.25, 0.3) is 22.0 Å². The van der Waals surface area contributed by atoms with E-state index in [-0.39, 0.29) is 24.1 Å². The zero-order valence-electron chi connectivity index (χ0n) is 16.9. The highest BCUT2D eigenvalue weighted by molar-refractivity contribution is 5.83. The Hall–Kier alpha value is -3.28. The van der Waals surface area contributed by atoms with E-state index in [9.17, 15) is 9.59 Å². The van der Waals surface area contributed by atoms with E-state index in [0.29, 0.717) is 13.1 Å². The van der Waals surface area contributed by atoms with Crippen LogP contribution in [0.15, 0.2) is 57.7 Å². The van der Waals surface area contributed by atoms with Gasteiger partial charge in [-0.15, -0.1) is 0 Å². The number of rotatable bonds is 6. The van der Waals surface area contributed by atoms with Gasteiger partial charge in [0.2, 0.25) is 5.91 Å². The molecule has 0 aliphatic heterocycles. The van der Waals surface area contributed by atoms with Gasteiger partial charge in [0.15, 0.2) is 0 Å². The number of nitrogens with one attached hydrogen (secondary N) is 1. The number of aromatic nitrogens is 2. The van der Waals surface area contributed by atoms with Gasteiger partial charge < -0.3 is 9.73 Å². The second kappa shape index (κ2) is 7.62. The summed E-state index contributed by atoms with van der Waals surface area (Å²) in [5, 5.41) is 4.06. The number of carbonyl (C=O) groups excluding carboxylic acids is 1. The van der Waals surface area contributed by atoms with Gasteiger partial charge in [-0.2, -0.15) is 0 Å². The van der Waals surface area contributed by atoms with Crippen LogP contribution in [0.2, 0.25) is 0 Å². The van der Waals surface area contributed by atoms with Gasteiger partial charge in [-0.25, -0.2) is 4.79 Å². The third-order valence-corrected chi connectivity index (χ3v) is 5.46. The van der Waals surface area contributed by atoms with Gasteiger partial charge in [-0.3, -0.25) is 13.9 Å². The highest BCUT2D eigenvalue weighted by Gasteiger charge is 2.19. The lowest BCUT2D eigenvalue weighted by Crippen LogP contribution is -2.30. The van der Waals surface area contributed by atoms with Gasteiger partial charge in [0.05, 0.1) is 17.1 Å². The molecule has 0 saturated carbocycles. The highest BCUT2D eigenvalue weighted by Crippen LogP contribution is 2.29. The van der Waals surface area contributed by atoms with Crippen molar-refractivity contribution < 1.29 is 9.21 Å². The molecule has 0 aliphatic rings. The molecule has 1 atom stereocenters. The number of furan rings is 1. The standard InChI is InChI=1S/C23H25N3O3/c1-4-25-18-10-6-7-11-19(18)26(23(25)28)14-13-21(27)24-16(3)22-15(2)17-9-5-8-12-20(17)29-22/h5-12,16H,4,13-14H2,1-3H3,(H,24,27). The van der Waals surface area contributed by atoms with Crippen molar-refractivity contribution in [1.29, 1.82) is 0 Å². The van der Waals surface area contributed by atoms with E-state index >= 15 is 0 Å². The molecule has 2 heterocycles. The lowest BCUT2D eigenvalue weighted by Gasteiger charge is -2.13. The summed E-state index contributed by atoms with van der Waals surface area (Å²) in [6.07, 6.45) is 0.223. The molecule has 0 aliphatic carbocycles. The molecular formula is C23H25N3O3. The number of para-hydroxylation sites is 3. The summed E-state index contributed by atoms with van der Waals surface area (Å²) in [4.78, 5) is 25.3. The fraction of sp³-hybridized carbons (Fsp3) is 0.304. The van der Waals surface area contributed by atoms with Crippen molar-refractivity contribution in [2.45, 2.75) is 46.3 Å². The minimum Gasteiger partial charge on any atom is -0.459 e. The molecule has 1 unspecified atom stereocenters. The van der Waals surface area contributed by atoms with Crippen LogP contribution in [-0.4, -0.2) is 15.0 Å². The number of nitrogens with zero attached hydrogens (tertiary/aromatic N) is 2. The summed E-state index contributed by atoms with van der Waals surface area (Å²) >= 11 is 0. The average molecular weight is 391 g/mol. The van der Waals surface area contributed by atoms with E-state index in [4.69, 9.17) is 4.42 Å². The zero-order valence-corrected chi connectivity index (χ0v) is 16.9. The summed E-state index contributed by atoms with van der Waals surface area (Å²) in [7, 11) is 0. The SMILES string of the molecule is CCn1c(=O)n(CCC(=O)NC(C)c2oc3ccccc3c2C)c2ccccc21. The molecule has 0 bridgehead atoms. The summed E-state index contributed by atoms with van der Waals surface area (Å²) in [5.74, 6) is 0.650. The minimum absolute atomic E-state index is 0.0809. The Labute approximate surface area is 168 Å². The van der Waals surface area contributed by atoms with E-state index in [0.717, 1.165) is 33.3 Å². The first-order valence-corrected chi connectivity index (χ1v) is 9.96. The molecule has 4 rings (SSSR count). The number of amides is 1. The second-order valence-corrected chi connectivity index (χ2v) is 7.29. The van der Waals surface area contributed by atoms with Crippen LogP contribution in [0, 0.1) is 6.92 Å². The highest BCUT2D eigenvalue weighted by atomic mass is 16.3. The van der Waals surface area contributed by atoms with Crippen LogP contribution < -0.4 is 11.0 Å². The molecule has 2 aromatic carbocycles. The molecule has 1 amide bonds. The quantitative estimate of drug-likeness (QED) is 0.537. The largest absolute Gasteiger partial charge is 0.459 e. The van der Waals surface area contributed by atoms with Crippen LogP contribution in [0.4, 0.5) is 0 Å². The first kappa shape index (κ1) is 19.1. The number of aryl methyl sites for hydroxylation is 3. The molecule has 150 valence electrons. The Bertz CT molecular complexity index is 1250. The Morgan fingerprint density at radius 3 is 2.41 bits per heavy atom. The van der Waals surface area contributed by atoms with Crippen molar-refractivity contribution in [2.24, 2.45) is 0 Å². The van der Waals surface area contributed by atoms with Gasteiger partial charge >= 0.3 is 5.69 Å². The lowest BCUT2D eigenvalue weighted by molar-refractivity contribution is -0.122. The number of hydrogen-bond donors (Lipinski definition) is 1. The van der Waals surface area contributed by atoms with Crippen LogP contribution in [-0.2, 0) is 17.9 Å². The van der Waals surface area contributed by atoms with Gasteiger partial charge in [-0.05, 0) is 39.0 Å². The maximum absolute atomic E-state index is 12.7. The normalized spacial score (nSPS) is 12.5. The number of fused-ring (bicyclic) bond motifs is 2. The van der Waals surface area contributed by atoms with Gasteiger partial charge in [0.25, 0.3) is 0 Å². The monoisotopic (exact) mass is 391 g/mol. The van der Waals surface area contributed by atoms with E-state index in [1.54, 1.807) is 9.13 Å². The van der Waals surface area contributed by atoms with Crippen molar-refractivity contribution in [3.05, 3.63) is 70.3 Å². The molecule has 1 N–H and O–H groups in total. The smallest absolute Gasteiger partial charge is 0.329 e. The lowest BCUT2D eigenvalue weighted by atomic mass is 10.1. The predicted molar refractivity (Wildman–Crippen MR) is 114 cm³/mol. The Kier molecular flexibility index (Phi) is 5.01. The second-order valence-electron chi connectivity index (χ2n) is 7.29. The molecule has 0 saturated heterocycles. The maximum atomic E-state index is 12.7. The van der Waals surface area contributed by atoms with Gasteiger partial charge in [-0.1, -0.05) is 30.3 Å². The van der Waals surface area contributed by atoms with Crippen molar-refractivity contribution >= 4 is 27.9 Å². The molecular weight excluding hydrogens is 366 g/mol. The van der Waals surface area contributed by atoms with Crippen LogP contribution in [0.1, 0.15) is 37.6 Å². The molecule has 0 spiro atoms. The number of hydrogen-bond acceptors (Lipinski definition) is 3. The first-order chi connectivity index (χ1) is 14.0. The Morgan fingerprint density at radius 2 is 1.72 bits per heavy atom. The van der Waals surface area contributed by atoms with Gasteiger partial charge in [0, 0.05) is 30.5 Å². The minimum atomic E-state index is -0.247.